The maximum absolute atomic E-state index is 12.1. The van der Waals surface area contributed by atoms with Gasteiger partial charge in [-0.05, 0) is 46.3 Å². The highest BCUT2D eigenvalue weighted by Gasteiger charge is 2.13. The summed E-state index contributed by atoms with van der Waals surface area (Å²) in [4.78, 5) is 23.1. The molecule has 4 nitrogen and oxygen atoms in total. The van der Waals surface area contributed by atoms with Gasteiger partial charge in [0.15, 0.2) is 0 Å². The summed E-state index contributed by atoms with van der Waals surface area (Å²) in [7, 11) is 0. The number of amides is 1. The molecule has 0 aliphatic carbocycles. The van der Waals surface area contributed by atoms with Crippen LogP contribution in [0.25, 0.3) is 0 Å². The number of benzene rings is 2. The first-order valence-corrected chi connectivity index (χ1v) is 6.75. The number of carboxylic acids is 1. The van der Waals surface area contributed by atoms with E-state index in [4.69, 9.17) is 16.7 Å². The fraction of sp³-hybridized carbons (Fsp3) is 0. The van der Waals surface area contributed by atoms with E-state index >= 15 is 0 Å². The Morgan fingerprint density at radius 2 is 1.80 bits per heavy atom. The van der Waals surface area contributed by atoms with Crippen molar-refractivity contribution in [2.45, 2.75) is 0 Å². The number of aromatic carboxylic acids is 1. The Morgan fingerprint density at radius 1 is 1.10 bits per heavy atom. The molecule has 0 aliphatic rings. The van der Waals surface area contributed by atoms with E-state index in [1.165, 1.54) is 12.1 Å². The molecule has 1 amide bonds. The first kappa shape index (κ1) is 14.6. The number of hydrogen-bond acceptors (Lipinski definition) is 2. The van der Waals surface area contributed by atoms with Gasteiger partial charge in [-0.2, -0.15) is 0 Å². The zero-order chi connectivity index (χ0) is 14.7. The summed E-state index contributed by atoms with van der Waals surface area (Å²) in [6.07, 6.45) is 0. The van der Waals surface area contributed by atoms with Gasteiger partial charge in [0.1, 0.15) is 0 Å². The van der Waals surface area contributed by atoms with Crippen molar-refractivity contribution in [2.75, 3.05) is 5.32 Å². The van der Waals surface area contributed by atoms with Gasteiger partial charge in [0.05, 0.1) is 16.1 Å². The molecule has 0 saturated carbocycles. The number of hydrogen-bond donors (Lipinski definition) is 2. The molecule has 0 fully saturated rings. The number of nitrogens with one attached hydrogen (secondary N) is 1. The van der Waals surface area contributed by atoms with Crippen LogP contribution in [0, 0.1) is 0 Å². The molecule has 0 spiro atoms. The van der Waals surface area contributed by atoms with Crippen LogP contribution >= 0.6 is 27.5 Å². The molecule has 0 aromatic heterocycles. The smallest absolute Gasteiger partial charge is 0.337 e. The van der Waals surface area contributed by atoms with Gasteiger partial charge in [0, 0.05) is 10.2 Å². The van der Waals surface area contributed by atoms with Gasteiger partial charge >= 0.3 is 5.97 Å². The summed E-state index contributed by atoms with van der Waals surface area (Å²) in [6.45, 7) is 0. The third kappa shape index (κ3) is 3.18. The average Bonchev–Trinajstić information content (AvgIpc) is 2.41. The monoisotopic (exact) mass is 353 g/mol. The molecular formula is C14H9BrClNO3. The molecule has 20 heavy (non-hydrogen) atoms. The van der Waals surface area contributed by atoms with Crippen LogP contribution < -0.4 is 5.32 Å². The predicted molar refractivity (Wildman–Crippen MR) is 80.5 cm³/mol. The molecular weight excluding hydrogens is 346 g/mol. The Balaban J connectivity index is 2.27. The van der Waals surface area contributed by atoms with Gasteiger partial charge in [-0.15, -0.1) is 0 Å². The molecule has 0 heterocycles. The molecule has 102 valence electrons. The van der Waals surface area contributed by atoms with E-state index in [2.05, 4.69) is 21.2 Å². The van der Waals surface area contributed by atoms with Gasteiger partial charge < -0.3 is 10.4 Å². The number of carboxylic acid groups (broad SMARTS) is 1. The van der Waals surface area contributed by atoms with Crippen LogP contribution in [-0.4, -0.2) is 17.0 Å². The van der Waals surface area contributed by atoms with Crippen LogP contribution in [0.2, 0.25) is 5.02 Å². The first-order valence-electron chi connectivity index (χ1n) is 5.58. The first-order chi connectivity index (χ1) is 9.49. The number of rotatable bonds is 3. The quantitative estimate of drug-likeness (QED) is 0.874. The largest absolute Gasteiger partial charge is 0.478 e. The second kappa shape index (κ2) is 6.07. The van der Waals surface area contributed by atoms with E-state index in [9.17, 15) is 9.59 Å². The Labute approximate surface area is 128 Å². The summed E-state index contributed by atoms with van der Waals surface area (Å²) >= 11 is 9.05. The Morgan fingerprint density at radius 3 is 2.45 bits per heavy atom. The van der Waals surface area contributed by atoms with E-state index in [1.807, 2.05) is 0 Å². The molecule has 0 radical (unpaired) electrons. The highest BCUT2D eigenvalue weighted by molar-refractivity contribution is 9.10. The number of halogens is 2. The highest BCUT2D eigenvalue weighted by Crippen LogP contribution is 2.22. The van der Waals surface area contributed by atoms with Crippen LogP contribution in [0.1, 0.15) is 20.7 Å². The molecule has 2 aromatic carbocycles. The van der Waals surface area contributed by atoms with Crippen molar-refractivity contribution >= 4 is 45.1 Å². The zero-order valence-electron chi connectivity index (χ0n) is 10.1. The number of carbonyl (C=O) groups is 2. The molecule has 2 N–H and O–H groups in total. The molecule has 0 unspecified atom stereocenters. The molecule has 0 bridgehead atoms. The molecule has 0 aliphatic heterocycles. The fourth-order valence-electron chi connectivity index (χ4n) is 1.61. The standard InChI is InChI=1S/C14H9BrClNO3/c15-11-4-2-1-3-9(11)13(18)17-8-5-6-12(16)10(7-8)14(19)20/h1-7H,(H,17,18)(H,19,20). The number of carbonyl (C=O) groups excluding carboxylic acids is 1. The van der Waals surface area contributed by atoms with E-state index in [-0.39, 0.29) is 16.5 Å². The van der Waals surface area contributed by atoms with E-state index in [0.717, 1.165) is 0 Å². The minimum atomic E-state index is -1.15. The topological polar surface area (TPSA) is 66.4 Å². The summed E-state index contributed by atoms with van der Waals surface area (Å²) in [6, 6.07) is 11.2. The van der Waals surface area contributed by atoms with Gasteiger partial charge in [-0.3, -0.25) is 4.79 Å². The lowest BCUT2D eigenvalue weighted by molar-refractivity contribution is 0.0696. The average molecular weight is 355 g/mol. The highest BCUT2D eigenvalue weighted by atomic mass is 79.9. The maximum atomic E-state index is 12.1. The van der Waals surface area contributed by atoms with Gasteiger partial charge in [-0.1, -0.05) is 23.7 Å². The SMILES string of the molecule is O=C(O)c1cc(NC(=O)c2ccccc2Br)ccc1Cl. The van der Waals surface area contributed by atoms with Crippen LogP contribution in [0.4, 0.5) is 5.69 Å². The predicted octanol–water partition coefficient (Wildman–Crippen LogP) is 4.05. The van der Waals surface area contributed by atoms with E-state index in [1.54, 1.807) is 30.3 Å². The summed E-state index contributed by atoms with van der Waals surface area (Å²) in [5.74, 6) is -1.48. The van der Waals surface area contributed by atoms with Crippen molar-refractivity contribution in [1.29, 1.82) is 0 Å². The summed E-state index contributed by atoms with van der Waals surface area (Å²) in [5, 5.41) is 11.7. The van der Waals surface area contributed by atoms with Gasteiger partial charge in [-0.25, -0.2) is 4.79 Å². The molecule has 6 heteroatoms. The Bertz CT molecular complexity index is 688. The van der Waals surface area contributed by atoms with Crippen molar-refractivity contribution in [3.8, 4) is 0 Å². The summed E-state index contributed by atoms with van der Waals surface area (Å²) in [5.41, 5.74) is 0.767. The lowest BCUT2D eigenvalue weighted by Crippen LogP contribution is -2.13. The fourth-order valence-corrected chi connectivity index (χ4v) is 2.27. The zero-order valence-corrected chi connectivity index (χ0v) is 12.4. The molecule has 2 rings (SSSR count). The second-order valence-corrected chi connectivity index (χ2v) is 5.20. The third-order valence-corrected chi connectivity index (χ3v) is 3.59. The van der Waals surface area contributed by atoms with Crippen molar-refractivity contribution in [1.82, 2.24) is 0 Å². The van der Waals surface area contributed by atoms with E-state index in [0.29, 0.717) is 15.7 Å². The Kier molecular flexibility index (Phi) is 4.42. The maximum Gasteiger partial charge on any atom is 0.337 e. The van der Waals surface area contributed by atoms with Gasteiger partial charge in [0.25, 0.3) is 5.91 Å². The van der Waals surface area contributed by atoms with E-state index < -0.39 is 5.97 Å². The Hall–Kier alpha value is -1.85. The lowest BCUT2D eigenvalue weighted by Gasteiger charge is -2.08. The van der Waals surface area contributed by atoms with Crippen LogP contribution in [0.3, 0.4) is 0 Å². The van der Waals surface area contributed by atoms with Crippen molar-refractivity contribution in [2.24, 2.45) is 0 Å². The van der Waals surface area contributed by atoms with Crippen LogP contribution in [-0.2, 0) is 0 Å². The van der Waals surface area contributed by atoms with Crippen molar-refractivity contribution in [3.63, 3.8) is 0 Å². The second-order valence-electron chi connectivity index (χ2n) is 3.93. The number of anilines is 1. The minimum absolute atomic E-state index is 0.0587. The van der Waals surface area contributed by atoms with Crippen molar-refractivity contribution < 1.29 is 14.7 Å². The van der Waals surface area contributed by atoms with Crippen molar-refractivity contribution in [3.05, 3.63) is 63.1 Å². The van der Waals surface area contributed by atoms with Crippen LogP contribution in [0.5, 0.6) is 0 Å². The third-order valence-electron chi connectivity index (χ3n) is 2.57. The lowest BCUT2D eigenvalue weighted by atomic mass is 10.1. The molecule has 2 aromatic rings. The minimum Gasteiger partial charge on any atom is -0.478 e. The molecule has 0 atom stereocenters. The summed E-state index contributed by atoms with van der Waals surface area (Å²) < 4.78 is 0.657. The molecule has 0 saturated heterocycles. The van der Waals surface area contributed by atoms with Crippen LogP contribution in [0.15, 0.2) is 46.9 Å². The van der Waals surface area contributed by atoms with Gasteiger partial charge in [0.2, 0.25) is 0 Å². The normalized spacial score (nSPS) is 10.1.